The predicted octanol–water partition coefficient (Wildman–Crippen LogP) is 3.21. The Balaban J connectivity index is 1.73. The number of rotatable bonds is 4. The standard InChI is InChI=1S/C25H20O10/c1-33-17-6-10(2-4-14(17)28)23-13(9-26)19-12(3-5-15(29)25(19)35-23)24-22(32)21(31)20-16(30)7-11(27)8-18(20)34-24/h2-8,13,23,26-30,32H,9H2,1H3/t13-,23+/m1/s1. The summed E-state index contributed by atoms with van der Waals surface area (Å²) in [6.45, 7) is -0.447. The highest BCUT2D eigenvalue weighted by Crippen LogP contribution is 2.54. The van der Waals surface area contributed by atoms with Gasteiger partial charge >= 0.3 is 0 Å². The van der Waals surface area contributed by atoms with Crippen LogP contribution in [-0.4, -0.2) is 44.4 Å². The van der Waals surface area contributed by atoms with E-state index in [2.05, 4.69) is 0 Å². The highest BCUT2D eigenvalue weighted by atomic mass is 16.5. The summed E-state index contributed by atoms with van der Waals surface area (Å²) in [4.78, 5) is 12.8. The molecule has 1 aromatic heterocycles. The topological polar surface area (TPSA) is 170 Å². The fourth-order valence-electron chi connectivity index (χ4n) is 4.45. The van der Waals surface area contributed by atoms with Gasteiger partial charge in [0, 0.05) is 23.3 Å². The van der Waals surface area contributed by atoms with E-state index in [-0.39, 0.29) is 56.6 Å². The lowest BCUT2D eigenvalue weighted by Gasteiger charge is -2.19. The molecule has 2 atom stereocenters. The van der Waals surface area contributed by atoms with Gasteiger partial charge in [-0.1, -0.05) is 6.07 Å². The Hall–Kier alpha value is -4.57. The van der Waals surface area contributed by atoms with E-state index >= 15 is 0 Å². The van der Waals surface area contributed by atoms with Gasteiger partial charge < -0.3 is 44.5 Å². The Morgan fingerprint density at radius 3 is 2.40 bits per heavy atom. The summed E-state index contributed by atoms with van der Waals surface area (Å²) in [7, 11) is 1.39. The Morgan fingerprint density at radius 2 is 1.69 bits per heavy atom. The Morgan fingerprint density at radius 1 is 0.943 bits per heavy atom. The summed E-state index contributed by atoms with van der Waals surface area (Å²) in [6, 6.07) is 9.26. The van der Waals surface area contributed by atoms with Crippen LogP contribution < -0.4 is 14.9 Å². The first-order valence-corrected chi connectivity index (χ1v) is 10.5. The zero-order valence-electron chi connectivity index (χ0n) is 18.2. The minimum absolute atomic E-state index is 0.0134. The van der Waals surface area contributed by atoms with Gasteiger partial charge in [0.15, 0.2) is 28.8 Å². The van der Waals surface area contributed by atoms with Gasteiger partial charge in [0.25, 0.3) is 0 Å². The highest BCUT2D eigenvalue weighted by molar-refractivity contribution is 5.89. The second-order valence-corrected chi connectivity index (χ2v) is 8.08. The van der Waals surface area contributed by atoms with Crippen LogP contribution in [0.25, 0.3) is 22.3 Å². The number of phenolic OH excluding ortho intramolecular Hbond substituents is 4. The number of aliphatic hydroxyl groups is 1. The first kappa shape index (κ1) is 22.2. The molecule has 1 aliphatic heterocycles. The van der Waals surface area contributed by atoms with Crippen LogP contribution >= 0.6 is 0 Å². The van der Waals surface area contributed by atoms with E-state index in [9.17, 15) is 35.4 Å². The van der Waals surface area contributed by atoms with E-state index in [4.69, 9.17) is 13.9 Å². The first-order chi connectivity index (χ1) is 16.7. The van der Waals surface area contributed by atoms with Crippen LogP contribution in [0.15, 0.2) is 51.7 Å². The smallest absolute Gasteiger partial charge is 0.238 e. The van der Waals surface area contributed by atoms with Crippen molar-refractivity contribution in [2.45, 2.75) is 12.0 Å². The average molecular weight is 480 g/mol. The summed E-state index contributed by atoms with van der Waals surface area (Å²) in [6.07, 6.45) is -0.820. The largest absolute Gasteiger partial charge is 0.508 e. The predicted molar refractivity (Wildman–Crippen MR) is 122 cm³/mol. The molecule has 3 aromatic carbocycles. The Bertz CT molecular complexity index is 1540. The Kier molecular flexibility index (Phi) is 5.10. The van der Waals surface area contributed by atoms with E-state index in [0.29, 0.717) is 5.56 Å². The molecule has 0 saturated heterocycles. The molecular formula is C25H20O10. The molecule has 0 saturated carbocycles. The molecule has 0 spiro atoms. The quantitative estimate of drug-likeness (QED) is 0.255. The van der Waals surface area contributed by atoms with Crippen molar-refractivity contribution in [3.8, 4) is 51.6 Å². The molecule has 0 unspecified atom stereocenters. The molecule has 0 aliphatic carbocycles. The minimum Gasteiger partial charge on any atom is -0.508 e. The molecule has 0 bridgehead atoms. The summed E-state index contributed by atoms with van der Waals surface area (Å²) in [5.41, 5.74) is -0.156. The van der Waals surface area contributed by atoms with Gasteiger partial charge in [0.2, 0.25) is 11.2 Å². The van der Waals surface area contributed by atoms with Gasteiger partial charge in [-0.15, -0.1) is 0 Å². The third-order valence-electron chi connectivity index (χ3n) is 6.07. The van der Waals surface area contributed by atoms with Crippen LogP contribution in [0.5, 0.6) is 40.2 Å². The van der Waals surface area contributed by atoms with Crippen LogP contribution in [0.2, 0.25) is 0 Å². The van der Waals surface area contributed by atoms with Crippen molar-refractivity contribution in [3.63, 3.8) is 0 Å². The third kappa shape index (κ3) is 3.34. The molecule has 4 aromatic rings. The van der Waals surface area contributed by atoms with Gasteiger partial charge in [-0.2, -0.15) is 0 Å². The second kappa shape index (κ2) is 8.03. The van der Waals surface area contributed by atoms with E-state index in [1.54, 1.807) is 6.07 Å². The molecule has 1 aliphatic rings. The van der Waals surface area contributed by atoms with E-state index in [1.807, 2.05) is 0 Å². The maximum absolute atomic E-state index is 12.8. The van der Waals surface area contributed by atoms with Crippen LogP contribution in [0, 0.1) is 0 Å². The number of aromatic hydroxyl groups is 5. The van der Waals surface area contributed by atoms with E-state index in [0.717, 1.165) is 12.1 Å². The number of phenols is 4. The first-order valence-electron chi connectivity index (χ1n) is 10.5. The molecule has 0 radical (unpaired) electrons. The number of benzene rings is 3. The van der Waals surface area contributed by atoms with Gasteiger partial charge in [-0.3, -0.25) is 4.79 Å². The maximum Gasteiger partial charge on any atom is 0.238 e. The average Bonchev–Trinajstić information content (AvgIpc) is 3.22. The van der Waals surface area contributed by atoms with Crippen LogP contribution in [0.4, 0.5) is 0 Å². The number of methoxy groups -OCH3 is 1. The fourth-order valence-corrected chi connectivity index (χ4v) is 4.45. The lowest BCUT2D eigenvalue weighted by molar-refractivity contribution is 0.157. The van der Waals surface area contributed by atoms with Crippen LogP contribution in [0.3, 0.4) is 0 Å². The van der Waals surface area contributed by atoms with Gasteiger partial charge in [0.1, 0.15) is 28.6 Å². The lowest BCUT2D eigenvalue weighted by atomic mass is 9.87. The maximum atomic E-state index is 12.8. The second-order valence-electron chi connectivity index (χ2n) is 8.08. The van der Waals surface area contributed by atoms with Crippen molar-refractivity contribution in [2.24, 2.45) is 0 Å². The molecule has 35 heavy (non-hydrogen) atoms. The molecule has 180 valence electrons. The fraction of sp³-hybridized carbons (Fsp3) is 0.160. The van der Waals surface area contributed by atoms with Crippen LogP contribution in [-0.2, 0) is 0 Å². The summed E-state index contributed by atoms with van der Waals surface area (Å²) < 4.78 is 16.9. The van der Waals surface area contributed by atoms with E-state index < -0.39 is 35.6 Å². The van der Waals surface area contributed by atoms with Gasteiger partial charge in [-0.25, -0.2) is 0 Å². The van der Waals surface area contributed by atoms with Gasteiger partial charge in [0.05, 0.1) is 19.6 Å². The van der Waals surface area contributed by atoms with Gasteiger partial charge in [-0.05, 0) is 29.8 Å². The van der Waals surface area contributed by atoms with Crippen molar-refractivity contribution in [2.75, 3.05) is 13.7 Å². The molecular weight excluding hydrogens is 460 g/mol. The van der Waals surface area contributed by atoms with Crippen LogP contribution in [0.1, 0.15) is 23.1 Å². The normalized spacial score (nSPS) is 16.7. The molecule has 5 rings (SSSR count). The molecule has 10 nitrogen and oxygen atoms in total. The minimum atomic E-state index is -0.931. The Labute approximate surface area is 197 Å². The van der Waals surface area contributed by atoms with Crippen molar-refractivity contribution in [1.29, 1.82) is 0 Å². The zero-order valence-corrected chi connectivity index (χ0v) is 18.2. The highest BCUT2D eigenvalue weighted by Gasteiger charge is 2.40. The molecule has 0 fully saturated rings. The lowest BCUT2D eigenvalue weighted by Crippen LogP contribution is -2.14. The summed E-state index contributed by atoms with van der Waals surface area (Å²) in [5, 5.41) is 61.0. The van der Waals surface area contributed by atoms with Crippen molar-refractivity contribution < 1.29 is 44.5 Å². The third-order valence-corrected chi connectivity index (χ3v) is 6.07. The van der Waals surface area contributed by atoms with E-state index in [1.165, 1.54) is 31.4 Å². The zero-order chi connectivity index (χ0) is 25.0. The molecule has 2 heterocycles. The SMILES string of the molecule is COc1cc([C@@H]2Oc3c(O)ccc(-c4oc5cc(O)cc(O)c5c(=O)c4O)c3[C@H]2CO)ccc1O. The molecule has 10 heteroatoms. The van der Waals surface area contributed by atoms with Crippen molar-refractivity contribution in [1.82, 2.24) is 0 Å². The molecule has 0 amide bonds. The number of aliphatic hydroxyl groups excluding tert-OH is 1. The monoisotopic (exact) mass is 480 g/mol. The molecule has 6 N–H and O–H groups in total. The summed E-state index contributed by atoms with van der Waals surface area (Å²) >= 11 is 0. The summed E-state index contributed by atoms with van der Waals surface area (Å²) in [5.74, 6) is -2.95. The number of fused-ring (bicyclic) bond motifs is 2. The number of hydrogen-bond donors (Lipinski definition) is 6. The van der Waals surface area contributed by atoms with Crippen molar-refractivity contribution in [3.05, 3.63) is 63.8 Å². The number of hydrogen-bond acceptors (Lipinski definition) is 10. The van der Waals surface area contributed by atoms with Crippen molar-refractivity contribution >= 4 is 11.0 Å². The number of ether oxygens (including phenoxy) is 2.